The Morgan fingerprint density at radius 1 is 0.447 bits per heavy atom. The molecule has 0 rings (SSSR count). The van der Waals surface area contributed by atoms with E-state index in [-0.39, 0.29) is 0 Å². The maximum atomic E-state index is 9.75. The minimum atomic E-state index is -6.00. The lowest BCUT2D eigenvalue weighted by molar-refractivity contribution is 0.368. The SMILES string of the molecule is CCCCCCCC[P+](CC(CC)CCCC)(CC(CC)CCCC)CC(CC)CCCC.F[B-](F)(F)F. The Balaban J connectivity index is 0. The van der Waals surface area contributed by atoms with E-state index < -0.39 is 14.5 Å². The van der Waals surface area contributed by atoms with E-state index in [1.807, 2.05) is 0 Å². The summed E-state index contributed by atoms with van der Waals surface area (Å²) in [6, 6.07) is 0. The molecule has 0 radical (unpaired) electrons. The first-order valence-corrected chi connectivity index (χ1v) is 19.3. The summed E-state index contributed by atoms with van der Waals surface area (Å²) >= 11 is 0. The molecule has 3 atom stereocenters. The Morgan fingerprint density at radius 2 is 0.737 bits per heavy atom. The molecule has 6 heteroatoms. The lowest BCUT2D eigenvalue weighted by atomic mass is 10.0. The maximum absolute atomic E-state index is 9.75. The van der Waals surface area contributed by atoms with Gasteiger partial charge in [-0.25, -0.2) is 0 Å². The number of hydrogen-bond acceptors (Lipinski definition) is 0. The first-order valence-electron chi connectivity index (χ1n) is 16.8. The Morgan fingerprint density at radius 3 is 1.03 bits per heavy atom. The van der Waals surface area contributed by atoms with E-state index in [0.29, 0.717) is 0 Å². The molecular formula is C32H68BF4P. The van der Waals surface area contributed by atoms with E-state index in [1.165, 1.54) is 116 Å². The van der Waals surface area contributed by atoms with Crippen LogP contribution in [0.4, 0.5) is 17.3 Å². The van der Waals surface area contributed by atoms with Gasteiger partial charge in [-0.15, -0.1) is 0 Å². The zero-order chi connectivity index (χ0) is 29.3. The molecule has 0 saturated heterocycles. The molecule has 0 aromatic rings. The van der Waals surface area contributed by atoms with E-state index in [9.17, 15) is 17.3 Å². The highest BCUT2D eigenvalue weighted by Gasteiger charge is 2.42. The molecule has 38 heavy (non-hydrogen) atoms. The van der Waals surface area contributed by atoms with Crippen molar-refractivity contribution >= 4 is 14.5 Å². The number of rotatable bonds is 25. The van der Waals surface area contributed by atoms with Gasteiger partial charge in [-0.1, -0.05) is 113 Å². The smallest absolute Gasteiger partial charge is 0.418 e. The second kappa shape index (κ2) is 26.1. The highest BCUT2D eigenvalue weighted by atomic mass is 31.2. The fraction of sp³-hybridized carbons (Fsp3) is 1.00. The summed E-state index contributed by atoms with van der Waals surface area (Å²) in [7, 11) is -6.89. The summed E-state index contributed by atoms with van der Waals surface area (Å²) in [5, 5.41) is 0. The fourth-order valence-corrected chi connectivity index (χ4v) is 12.6. The highest BCUT2D eigenvalue weighted by Crippen LogP contribution is 2.64. The lowest BCUT2D eigenvalue weighted by Gasteiger charge is -2.36. The summed E-state index contributed by atoms with van der Waals surface area (Å²) in [6.07, 6.45) is 32.7. The van der Waals surface area contributed by atoms with Gasteiger partial charge in [0, 0.05) is 7.26 Å². The van der Waals surface area contributed by atoms with Crippen LogP contribution in [-0.4, -0.2) is 31.9 Å². The van der Waals surface area contributed by atoms with Gasteiger partial charge in [0.15, 0.2) is 0 Å². The Kier molecular flexibility index (Phi) is 27.8. The molecular weight excluding hydrogens is 502 g/mol. The molecule has 0 aromatic carbocycles. The van der Waals surface area contributed by atoms with Crippen LogP contribution in [-0.2, 0) is 0 Å². The van der Waals surface area contributed by atoms with Crippen molar-refractivity contribution in [3.63, 3.8) is 0 Å². The minimum absolute atomic E-state index is 0.890. The third kappa shape index (κ3) is 25.2. The number of hydrogen-bond donors (Lipinski definition) is 0. The fourth-order valence-electron chi connectivity index (χ4n) is 6.12. The van der Waals surface area contributed by atoms with E-state index >= 15 is 0 Å². The van der Waals surface area contributed by atoms with Crippen LogP contribution < -0.4 is 0 Å². The van der Waals surface area contributed by atoms with Gasteiger partial charge < -0.3 is 17.3 Å². The molecule has 0 aliphatic carbocycles. The van der Waals surface area contributed by atoms with Crippen molar-refractivity contribution in [1.82, 2.24) is 0 Å². The molecule has 0 saturated carbocycles. The van der Waals surface area contributed by atoms with Gasteiger partial charge in [-0.05, 0) is 69.1 Å². The van der Waals surface area contributed by atoms with Crippen LogP contribution in [0.1, 0.15) is 164 Å². The van der Waals surface area contributed by atoms with Crippen LogP contribution in [0.3, 0.4) is 0 Å². The van der Waals surface area contributed by atoms with E-state index in [0.717, 1.165) is 17.8 Å². The molecule has 3 unspecified atom stereocenters. The normalized spacial score (nSPS) is 15.9. The number of unbranched alkanes of at least 4 members (excludes halogenated alkanes) is 8. The van der Waals surface area contributed by atoms with Crippen LogP contribution in [0.5, 0.6) is 0 Å². The minimum Gasteiger partial charge on any atom is -0.418 e. The van der Waals surface area contributed by atoms with Gasteiger partial charge in [0.25, 0.3) is 0 Å². The van der Waals surface area contributed by atoms with Crippen LogP contribution in [0, 0.1) is 17.8 Å². The summed E-state index contributed by atoms with van der Waals surface area (Å²) in [6.45, 7) is 17.0. The molecule has 0 spiro atoms. The van der Waals surface area contributed by atoms with Crippen LogP contribution in [0.2, 0.25) is 0 Å². The average Bonchev–Trinajstić information content (AvgIpc) is 2.87. The third-order valence-electron chi connectivity index (χ3n) is 8.55. The van der Waals surface area contributed by atoms with Gasteiger partial charge in [0.05, 0.1) is 24.6 Å². The second-order valence-corrected chi connectivity index (χ2v) is 16.4. The summed E-state index contributed by atoms with van der Waals surface area (Å²) in [5.74, 6) is 3.02. The monoisotopic (exact) mass is 571 g/mol. The van der Waals surface area contributed by atoms with Crippen molar-refractivity contribution in [3.05, 3.63) is 0 Å². The molecule has 0 bridgehead atoms. The molecule has 232 valence electrons. The van der Waals surface area contributed by atoms with Gasteiger partial charge in [0.1, 0.15) is 0 Å². The van der Waals surface area contributed by atoms with Crippen molar-refractivity contribution in [1.29, 1.82) is 0 Å². The molecule has 0 aliphatic heterocycles. The van der Waals surface area contributed by atoms with Gasteiger partial charge in [0.2, 0.25) is 0 Å². The van der Waals surface area contributed by atoms with E-state index in [2.05, 4.69) is 48.5 Å². The van der Waals surface area contributed by atoms with Crippen molar-refractivity contribution in [2.24, 2.45) is 17.8 Å². The molecule has 0 fully saturated rings. The Bertz CT molecular complexity index is 435. The largest absolute Gasteiger partial charge is 0.673 e. The van der Waals surface area contributed by atoms with Gasteiger partial charge in [-0.2, -0.15) is 0 Å². The van der Waals surface area contributed by atoms with Crippen molar-refractivity contribution in [2.75, 3.05) is 24.6 Å². The van der Waals surface area contributed by atoms with Crippen LogP contribution >= 0.6 is 7.26 Å². The quantitative estimate of drug-likeness (QED) is 0.0443. The molecule has 0 amide bonds. The topological polar surface area (TPSA) is 0 Å². The summed E-state index contributed by atoms with van der Waals surface area (Å²) in [4.78, 5) is 0. The summed E-state index contributed by atoms with van der Waals surface area (Å²) < 4.78 is 39.0. The third-order valence-corrected chi connectivity index (χ3v) is 13.7. The molecule has 0 heterocycles. The average molecular weight is 571 g/mol. The Labute approximate surface area is 238 Å². The van der Waals surface area contributed by atoms with Crippen molar-refractivity contribution < 1.29 is 17.3 Å². The van der Waals surface area contributed by atoms with E-state index in [4.69, 9.17) is 0 Å². The first-order chi connectivity index (χ1) is 18.0. The molecule has 0 aliphatic rings. The van der Waals surface area contributed by atoms with Gasteiger partial charge in [-0.3, -0.25) is 0 Å². The lowest BCUT2D eigenvalue weighted by Crippen LogP contribution is -2.25. The van der Waals surface area contributed by atoms with Crippen molar-refractivity contribution in [2.45, 2.75) is 164 Å². The summed E-state index contributed by atoms with van der Waals surface area (Å²) in [5.41, 5.74) is 0. The van der Waals surface area contributed by atoms with Crippen LogP contribution in [0.15, 0.2) is 0 Å². The predicted octanol–water partition coefficient (Wildman–Crippen LogP) is 13.3. The molecule has 0 N–H and O–H groups in total. The second-order valence-electron chi connectivity index (χ2n) is 12.1. The standard InChI is InChI=1S/C32H68P.BF4/c1-8-15-19-20-21-22-26-33(27-30(12-5)23-16-9-2,28-31(13-6)24-17-10-3)29-32(14-7)25-18-11-4;2-1(3,4)5/h30-32H,8-29H2,1-7H3;/q+1;-1. The predicted molar refractivity (Wildman–Crippen MR) is 170 cm³/mol. The molecule has 0 aromatic heterocycles. The Hall–Kier alpha value is 0.215. The first kappa shape index (κ1) is 40.4. The van der Waals surface area contributed by atoms with Crippen LogP contribution in [0.25, 0.3) is 0 Å². The zero-order valence-electron chi connectivity index (χ0n) is 26.8. The highest BCUT2D eigenvalue weighted by molar-refractivity contribution is 7.75. The maximum Gasteiger partial charge on any atom is 0.673 e. The van der Waals surface area contributed by atoms with E-state index in [1.54, 1.807) is 24.6 Å². The zero-order valence-corrected chi connectivity index (χ0v) is 27.7. The molecule has 0 nitrogen and oxygen atoms in total. The van der Waals surface area contributed by atoms with Gasteiger partial charge >= 0.3 is 7.25 Å². The van der Waals surface area contributed by atoms with Crippen molar-refractivity contribution in [3.8, 4) is 0 Å². The number of halogens is 4.